The van der Waals surface area contributed by atoms with Crippen molar-refractivity contribution < 1.29 is 0 Å². The Morgan fingerprint density at radius 2 is 2.25 bits per heavy atom. The van der Waals surface area contributed by atoms with Gasteiger partial charge in [0.05, 0.1) is 11.1 Å². The van der Waals surface area contributed by atoms with Gasteiger partial charge >= 0.3 is 0 Å². The van der Waals surface area contributed by atoms with Crippen molar-refractivity contribution >= 4 is 17.7 Å². The van der Waals surface area contributed by atoms with Gasteiger partial charge in [-0.25, -0.2) is 0 Å². The average Bonchev–Trinajstić information content (AvgIpc) is 2.08. The van der Waals surface area contributed by atoms with Crippen LogP contribution in [0.1, 0.15) is 11.1 Å². The molecule has 0 fully saturated rings. The predicted molar refractivity (Wildman–Crippen MR) is 50.8 cm³/mol. The first-order chi connectivity index (χ1) is 5.75. The van der Waals surface area contributed by atoms with Gasteiger partial charge in [0.2, 0.25) is 0 Å². The Morgan fingerprint density at radius 1 is 1.50 bits per heavy atom. The summed E-state index contributed by atoms with van der Waals surface area (Å²) >= 11 is 5.97. The van der Waals surface area contributed by atoms with E-state index >= 15 is 0 Å². The number of hydrogen-bond donors (Lipinski definition) is 0. The summed E-state index contributed by atoms with van der Waals surface area (Å²) < 4.78 is 0. The SMILES string of the molecule is Cc1cccc(C=CC#N)c1Cl. The van der Waals surface area contributed by atoms with E-state index in [1.807, 2.05) is 31.2 Å². The molecule has 0 spiro atoms. The molecule has 1 aromatic carbocycles. The number of allylic oxidation sites excluding steroid dienone is 1. The summed E-state index contributed by atoms with van der Waals surface area (Å²) in [5, 5.41) is 9.02. The normalized spacial score (nSPS) is 10.1. The van der Waals surface area contributed by atoms with E-state index in [4.69, 9.17) is 16.9 Å². The number of hydrogen-bond acceptors (Lipinski definition) is 1. The number of nitriles is 1. The molecule has 0 N–H and O–H groups in total. The minimum atomic E-state index is 0.712. The number of halogens is 1. The van der Waals surface area contributed by atoms with E-state index in [1.54, 1.807) is 6.08 Å². The van der Waals surface area contributed by atoms with Crippen LogP contribution in [-0.4, -0.2) is 0 Å². The molecule has 1 rings (SSSR count). The summed E-state index contributed by atoms with van der Waals surface area (Å²) in [5.74, 6) is 0. The smallest absolute Gasteiger partial charge is 0.0912 e. The second kappa shape index (κ2) is 3.94. The van der Waals surface area contributed by atoms with Crippen LogP contribution in [-0.2, 0) is 0 Å². The third kappa shape index (κ3) is 1.87. The Hall–Kier alpha value is -1.26. The van der Waals surface area contributed by atoms with Gasteiger partial charge < -0.3 is 0 Å². The lowest BCUT2D eigenvalue weighted by Gasteiger charge is -1.99. The summed E-state index contributed by atoms with van der Waals surface area (Å²) in [7, 11) is 0. The molecule has 0 aromatic heterocycles. The van der Waals surface area contributed by atoms with Gasteiger partial charge in [0, 0.05) is 6.08 Å². The molecule has 60 valence electrons. The summed E-state index contributed by atoms with van der Waals surface area (Å²) in [4.78, 5) is 0. The van der Waals surface area contributed by atoms with E-state index < -0.39 is 0 Å². The van der Waals surface area contributed by atoms with E-state index in [1.165, 1.54) is 6.08 Å². The van der Waals surface area contributed by atoms with Crippen molar-refractivity contribution in [3.8, 4) is 6.07 Å². The first kappa shape index (κ1) is 8.83. The van der Waals surface area contributed by atoms with Crippen LogP contribution in [0.4, 0.5) is 0 Å². The molecular formula is C10H8ClN. The molecule has 0 saturated heterocycles. The van der Waals surface area contributed by atoms with Gasteiger partial charge in [0.25, 0.3) is 0 Å². The van der Waals surface area contributed by atoms with E-state index in [9.17, 15) is 0 Å². The fourth-order valence-electron chi connectivity index (χ4n) is 0.926. The van der Waals surface area contributed by atoms with Crippen LogP contribution in [0, 0.1) is 18.3 Å². The van der Waals surface area contributed by atoms with Crippen molar-refractivity contribution in [3.05, 3.63) is 40.4 Å². The molecule has 0 radical (unpaired) electrons. The zero-order valence-corrected chi connectivity index (χ0v) is 7.47. The number of rotatable bonds is 1. The van der Waals surface area contributed by atoms with Crippen LogP contribution in [0.3, 0.4) is 0 Å². The second-order valence-electron chi connectivity index (χ2n) is 2.44. The molecule has 2 heteroatoms. The van der Waals surface area contributed by atoms with Crippen LogP contribution in [0.2, 0.25) is 5.02 Å². The second-order valence-corrected chi connectivity index (χ2v) is 2.82. The third-order valence-electron chi connectivity index (χ3n) is 1.56. The first-order valence-corrected chi connectivity index (χ1v) is 3.95. The summed E-state index contributed by atoms with van der Waals surface area (Å²) in [6.07, 6.45) is 3.12. The molecule has 0 saturated carbocycles. The highest BCUT2D eigenvalue weighted by Crippen LogP contribution is 2.21. The Kier molecular flexibility index (Phi) is 2.90. The van der Waals surface area contributed by atoms with Crippen molar-refractivity contribution in [2.75, 3.05) is 0 Å². The Morgan fingerprint density at radius 3 is 2.92 bits per heavy atom. The topological polar surface area (TPSA) is 23.8 Å². The lowest BCUT2D eigenvalue weighted by molar-refractivity contribution is 1.46. The van der Waals surface area contributed by atoms with E-state index in [0.29, 0.717) is 5.02 Å². The van der Waals surface area contributed by atoms with E-state index in [2.05, 4.69) is 0 Å². The number of nitrogens with zero attached hydrogens (tertiary/aromatic N) is 1. The lowest BCUT2D eigenvalue weighted by atomic mass is 10.1. The van der Waals surface area contributed by atoms with Crippen LogP contribution in [0.15, 0.2) is 24.3 Å². The molecule has 0 amide bonds. The monoisotopic (exact) mass is 177 g/mol. The number of benzene rings is 1. The molecule has 0 aliphatic heterocycles. The lowest BCUT2D eigenvalue weighted by Crippen LogP contribution is -1.78. The van der Waals surface area contributed by atoms with Gasteiger partial charge in [-0.2, -0.15) is 5.26 Å². The fraction of sp³-hybridized carbons (Fsp3) is 0.100. The van der Waals surface area contributed by atoms with Crippen molar-refractivity contribution in [2.45, 2.75) is 6.92 Å². The number of aryl methyl sites for hydroxylation is 1. The first-order valence-electron chi connectivity index (χ1n) is 3.57. The zero-order valence-electron chi connectivity index (χ0n) is 6.71. The van der Waals surface area contributed by atoms with Gasteiger partial charge in [-0.15, -0.1) is 0 Å². The van der Waals surface area contributed by atoms with Gasteiger partial charge in [0.15, 0.2) is 0 Å². The molecule has 0 bridgehead atoms. The minimum absolute atomic E-state index is 0.712. The largest absolute Gasteiger partial charge is 0.193 e. The molecule has 0 aliphatic rings. The van der Waals surface area contributed by atoms with Crippen LogP contribution >= 0.6 is 11.6 Å². The molecule has 0 unspecified atom stereocenters. The predicted octanol–water partition coefficient (Wildman–Crippen LogP) is 3.19. The Labute approximate surface area is 76.9 Å². The maximum atomic E-state index is 8.31. The van der Waals surface area contributed by atoms with Gasteiger partial charge in [-0.3, -0.25) is 0 Å². The highest BCUT2D eigenvalue weighted by molar-refractivity contribution is 6.32. The van der Waals surface area contributed by atoms with Crippen LogP contribution in [0.5, 0.6) is 0 Å². The quantitative estimate of drug-likeness (QED) is 0.605. The highest BCUT2D eigenvalue weighted by Gasteiger charge is 1.97. The van der Waals surface area contributed by atoms with Crippen molar-refractivity contribution in [1.29, 1.82) is 5.26 Å². The molecule has 0 aliphatic carbocycles. The van der Waals surface area contributed by atoms with Crippen LogP contribution in [0.25, 0.3) is 6.08 Å². The fourth-order valence-corrected chi connectivity index (χ4v) is 1.11. The van der Waals surface area contributed by atoms with Crippen molar-refractivity contribution in [2.24, 2.45) is 0 Å². The average molecular weight is 178 g/mol. The van der Waals surface area contributed by atoms with Gasteiger partial charge in [-0.05, 0) is 24.1 Å². The zero-order chi connectivity index (χ0) is 8.97. The molecule has 0 heterocycles. The molecule has 12 heavy (non-hydrogen) atoms. The van der Waals surface area contributed by atoms with Gasteiger partial charge in [0.1, 0.15) is 0 Å². The summed E-state index contributed by atoms with van der Waals surface area (Å²) in [6.45, 7) is 1.94. The highest BCUT2D eigenvalue weighted by atomic mass is 35.5. The summed E-state index contributed by atoms with van der Waals surface area (Å²) in [6, 6.07) is 7.65. The summed E-state index contributed by atoms with van der Waals surface area (Å²) in [5.41, 5.74) is 1.91. The van der Waals surface area contributed by atoms with E-state index in [-0.39, 0.29) is 0 Å². The van der Waals surface area contributed by atoms with Crippen molar-refractivity contribution in [3.63, 3.8) is 0 Å². The molecule has 1 aromatic rings. The third-order valence-corrected chi connectivity index (χ3v) is 2.08. The Balaban J connectivity index is 3.10. The molecule has 0 atom stereocenters. The maximum absolute atomic E-state index is 8.31. The van der Waals surface area contributed by atoms with E-state index in [0.717, 1.165) is 11.1 Å². The van der Waals surface area contributed by atoms with Crippen molar-refractivity contribution in [1.82, 2.24) is 0 Å². The van der Waals surface area contributed by atoms with Crippen LogP contribution < -0.4 is 0 Å². The van der Waals surface area contributed by atoms with Gasteiger partial charge in [-0.1, -0.05) is 29.8 Å². The maximum Gasteiger partial charge on any atom is 0.0912 e. The minimum Gasteiger partial charge on any atom is -0.193 e. The Bertz CT molecular complexity index is 347. The molecule has 1 nitrogen and oxygen atoms in total. The standard InChI is InChI=1S/C10H8ClN/c1-8-4-2-5-9(10(8)11)6-3-7-12/h2-6H,1H3. The molecular weight excluding hydrogens is 170 g/mol.